The summed E-state index contributed by atoms with van der Waals surface area (Å²) >= 11 is 0. The molecule has 29 heavy (non-hydrogen) atoms. The summed E-state index contributed by atoms with van der Waals surface area (Å²) in [5.41, 5.74) is 1.13. The smallest absolute Gasteiger partial charge is 0.127 e. The summed E-state index contributed by atoms with van der Waals surface area (Å²) in [6, 6.07) is 6.59. The Hall–Kier alpha value is -1.34. The number of rotatable bonds is 9. The molecule has 1 aliphatic heterocycles. The van der Waals surface area contributed by atoms with Crippen LogP contribution in [0.3, 0.4) is 0 Å². The molecule has 2 aliphatic rings. The quantitative estimate of drug-likeness (QED) is 0.616. The zero-order valence-electron chi connectivity index (χ0n) is 18.2. The van der Waals surface area contributed by atoms with E-state index in [2.05, 4.69) is 28.2 Å². The molecule has 0 amide bonds. The van der Waals surface area contributed by atoms with Gasteiger partial charge in [0.2, 0.25) is 0 Å². The molecule has 1 heterocycles. The lowest BCUT2D eigenvalue weighted by Crippen LogP contribution is -2.47. The average Bonchev–Trinajstić information content (AvgIpc) is 3.01. The highest BCUT2D eigenvalue weighted by atomic mass is 16.5. The first kappa shape index (κ1) is 22.3. The molecule has 6 heteroatoms. The zero-order valence-corrected chi connectivity index (χ0v) is 18.2. The lowest BCUT2D eigenvalue weighted by atomic mass is 10.1. The molecule has 1 aromatic rings. The van der Waals surface area contributed by atoms with Gasteiger partial charge >= 0.3 is 0 Å². The fourth-order valence-corrected chi connectivity index (χ4v) is 4.25. The Bertz CT molecular complexity index is 597. The first-order chi connectivity index (χ1) is 14.1. The Balaban J connectivity index is 1.52. The van der Waals surface area contributed by atoms with Gasteiger partial charge in [-0.05, 0) is 26.0 Å². The molecule has 6 nitrogen and oxygen atoms in total. The predicted molar refractivity (Wildman–Crippen MR) is 117 cm³/mol. The van der Waals surface area contributed by atoms with E-state index in [0.717, 1.165) is 49.8 Å². The second-order valence-electron chi connectivity index (χ2n) is 8.61. The summed E-state index contributed by atoms with van der Waals surface area (Å²) in [4.78, 5) is 4.64. The maximum atomic E-state index is 10.5. The Morgan fingerprint density at radius 2 is 1.83 bits per heavy atom. The van der Waals surface area contributed by atoms with Crippen molar-refractivity contribution in [1.82, 2.24) is 15.1 Å². The van der Waals surface area contributed by atoms with Gasteiger partial charge in [-0.2, -0.15) is 0 Å². The van der Waals surface area contributed by atoms with Crippen molar-refractivity contribution in [2.45, 2.75) is 57.2 Å². The summed E-state index contributed by atoms with van der Waals surface area (Å²) < 4.78 is 11.4. The Morgan fingerprint density at radius 1 is 1.10 bits per heavy atom. The molecule has 1 atom stereocenters. The maximum Gasteiger partial charge on any atom is 0.127 e. The molecule has 0 radical (unpaired) electrons. The van der Waals surface area contributed by atoms with E-state index in [-0.39, 0.29) is 0 Å². The Labute approximate surface area is 176 Å². The SMILES string of the molecule is COc1ccc(CNC2CCCCCC2)c(OCC(O)CN2CCN(C)CC2)c1. The van der Waals surface area contributed by atoms with Crippen LogP contribution in [0.4, 0.5) is 0 Å². The van der Waals surface area contributed by atoms with Crippen LogP contribution >= 0.6 is 0 Å². The highest BCUT2D eigenvalue weighted by molar-refractivity contribution is 5.40. The van der Waals surface area contributed by atoms with Crippen molar-refractivity contribution in [3.8, 4) is 11.5 Å². The molecule has 1 aromatic carbocycles. The monoisotopic (exact) mass is 405 g/mol. The minimum absolute atomic E-state index is 0.302. The molecule has 0 spiro atoms. The van der Waals surface area contributed by atoms with Gasteiger partial charge in [-0.3, -0.25) is 4.90 Å². The molecule has 1 saturated carbocycles. The van der Waals surface area contributed by atoms with Crippen LogP contribution in [0.15, 0.2) is 18.2 Å². The van der Waals surface area contributed by atoms with Crippen LogP contribution in [0.25, 0.3) is 0 Å². The fourth-order valence-electron chi connectivity index (χ4n) is 4.25. The summed E-state index contributed by atoms with van der Waals surface area (Å²) in [6.45, 7) is 5.87. The normalized spacial score (nSPS) is 20.9. The molecule has 164 valence electrons. The number of nitrogens with zero attached hydrogens (tertiary/aromatic N) is 2. The molecule has 1 saturated heterocycles. The van der Waals surface area contributed by atoms with Gasteiger partial charge in [0.05, 0.1) is 7.11 Å². The predicted octanol–water partition coefficient (Wildman–Crippen LogP) is 2.49. The number of benzene rings is 1. The van der Waals surface area contributed by atoms with Crippen molar-refractivity contribution < 1.29 is 14.6 Å². The first-order valence-electron chi connectivity index (χ1n) is 11.3. The number of methoxy groups -OCH3 is 1. The topological polar surface area (TPSA) is 57.2 Å². The molecule has 2 N–H and O–H groups in total. The van der Waals surface area contributed by atoms with Crippen molar-refractivity contribution in [2.24, 2.45) is 0 Å². The number of ether oxygens (including phenoxy) is 2. The molecular weight excluding hydrogens is 366 g/mol. The van der Waals surface area contributed by atoms with Crippen LogP contribution in [0.1, 0.15) is 44.1 Å². The number of hydrogen-bond donors (Lipinski definition) is 2. The van der Waals surface area contributed by atoms with Crippen LogP contribution < -0.4 is 14.8 Å². The van der Waals surface area contributed by atoms with Gasteiger partial charge in [0, 0.05) is 56.9 Å². The van der Waals surface area contributed by atoms with Gasteiger partial charge in [-0.25, -0.2) is 0 Å². The van der Waals surface area contributed by atoms with E-state index in [1.54, 1.807) is 7.11 Å². The van der Waals surface area contributed by atoms with E-state index in [0.29, 0.717) is 19.2 Å². The highest BCUT2D eigenvalue weighted by Gasteiger charge is 2.18. The van der Waals surface area contributed by atoms with Crippen molar-refractivity contribution in [3.63, 3.8) is 0 Å². The molecule has 1 aliphatic carbocycles. The minimum Gasteiger partial charge on any atom is -0.497 e. The number of hydrogen-bond acceptors (Lipinski definition) is 6. The molecular formula is C23H39N3O3. The lowest BCUT2D eigenvalue weighted by molar-refractivity contribution is 0.0501. The summed E-state index contributed by atoms with van der Waals surface area (Å²) in [5, 5.41) is 14.2. The second-order valence-corrected chi connectivity index (χ2v) is 8.61. The number of likely N-dealkylation sites (N-methyl/N-ethyl adjacent to an activating group) is 1. The van der Waals surface area contributed by atoms with E-state index in [1.165, 1.54) is 38.5 Å². The highest BCUT2D eigenvalue weighted by Crippen LogP contribution is 2.26. The van der Waals surface area contributed by atoms with Gasteiger partial charge in [0.15, 0.2) is 0 Å². The minimum atomic E-state index is -0.493. The van der Waals surface area contributed by atoms with Crippen molar-refractivity contribution in [2.75, 3.05) is 53.5 Å². The van der Waals surface area contributed by atoms with Crippen molar-refractivity contribution in [3.05, 3.63) is 23.8 Å². The van der Waals surface area contributed by atoms with Crippen molar-refractivity contribution in [1.29, 1.82) is 0 Å². The van der Waals surface area contributed by atoms with Gasteiger partial charge in [0.25, 0.3) is 0 Å². The van der Waals surface area contributed by atoms with Crippen LogP contribution in [0.2, 0.25) is 0 Å². The summed E-state index contributed by atoms with van der Waals surface area (Å²) in [7, 11) is 3.81. The third kappa shape index (κ3) is 7.45. The second kappa shape index (κ2) is 11.7. The third-order valence-electron chi connectivity index (χ3n) is 6.21. The summed E-state index contributed by atoms with van der Waals surface area (Å²) in [5.74, 6) is 1.59. The lowest BCUT2D eigenvalue weighted by Gasteiger charge is -2.33. The van der Waals surface area contributed by atoms with E-state index in [4.69, 9.17) is 9.47 Å². The largest absolute Gasteiger partial charge is 0.497 e. The van der Waals surface area contributed by atoms with E-state index >= 15 is 0 Å². The zero-order chi connectivity index (χ0) is 20.5. The van der Waals surface area contributed by atoms with Gasteiger partial charge in [0.1, 0.15) is 24.2 Å². The maximum absolute atomic E-state index is 10.5. The Kier molecular flexibility index (Phi) is 9.05. The number of β-amino-alcohol motifs (C(OH)–C–C–N with tert-alkyl or cyclic N) is 1. The molecule has 2 fully saturated rings. The number of nitrogens with one attached hydrogen (secondary N) is 1. The van der Waals surface area contributed by atoms with E-state index < -0.39 is 6.10 Å². The van der Waals surface area contributed by atoms with Gasteiger partial charge in [-0.1, -0.05) is 31.7 Å². The van der Waals surface area contributed by atoms with Crippen LogP contribution in [0.5, 0.6) is 11.5 Å². The number of aliphatic hydroxyl groups excluding tert-OH is 1. The van der Waals surface area contributed by atoms with Gasteiger partial charge in [-0.15, -0.1) is 0 Å². The Morgan fingerprint density at radius 3 is 2.52 bits per heavy atom. The standard InChI is InChI=1S/C23H39N3O3/c1-25-11-13-26(14-12-25)17-21(27)18-29-23-15-22(28-2)10-9-19(23)16-24-20-7-5-3-4-6-8-20/h9-10,15,20-21,24,27H,3-8,11-14,16-18H2,1-2H3. The average molecular weight is 406 g/mol. The molecule has 0 aromatic heterocycles. The molecule has 1 unspecified atom stereocenters. The van der Waals surface area contributed by atoms with E-state index in [1.807, 2.05) is 12.1 Å². The summed E-state index contributed by atoms with van der Waals surface area (Å²) in [6.07, 6.45) is 7.39. The van der Waals surface area contributed by atoms with Crippen LogP contribution in [0, 0.1) is 0 Å². The third-order valence-corrected chi connectivity index (χ3v) is 6.21. The number of piperazine rings is 1. The number of aliphatic hydroxyl groups is 1. The van der Waals surface area contributed by atoms with Crippen LogP contribution in [-0.2, 0) is 6.54 Å². The van der Waals surface area contributed by atoms with E-state index in [9.17, 15) is 5.11 Å². The van der Waals surface area contributed by atoms with Crippen molar-refractivity contribution >= 4 is 0 Å². The fraction of sp³-hybridized carbons (Fsp3) is 0.739. The molecule has 0 bridgehead atoms. The van der Waals surface area contributed by atoms with Crippen LogP contribution in [-0.4, -0.2) is 80.5 Å². The van der Waals surface area contributed by atoms with Gasteiger partial charge < -0.3 is 24.8 Å². The molecule has 3 rings (SSSR count). The first-order valence-corrected chi connectivity index (χ1v) is 11.3.